The van der Waals surface area contributed by atoms with Gasteiger partial charge < -0.3 is 15.1 Å². The molecule has 1 saturated carbocycles. The minimum atomic E-state index is -0.821. The average Bonchev–Trinajstić information content (AvgIpc) is 3.45. The van der Waals surface area contributed by atoms with Crippen LogP contribution in [0.25, 0.3) is 0 Å². The number of fused-ring (bicyclic) bond motifs is 2. The average molecular weight is 445 g/mol. The lowest BCUT2D eigenvalue weighted by atomic mass is 9.73. The first-order chi connectivity index (χ1) is 15.2. The number of nitrogens with zero attached hydrogens (tertiary/aromatic N) is 3. The Kier molecular flexibility index (Phi) is 6.66. The number of carbonyl (C=O) groups is 3. The Morgan fingerprint density at radius 1 is 1.19 bits per heavy atom. The summed E-state index contributed by atoms with van der Waals surface area (Å²) in [5, 5.41) is 3.14. The molecule has 0 radical (unpaired) electrons. The fourth-order valence-electron chi connectivity index (χ4n) is 6.21. The lowest BCUT2D eigenvalue weighted by molar-refractivity contribution is -0.139. The number of allylic oxidation sites excluding steroid dienone is 2. The molecule has 0 aromatic carbocycles. The third-order valence-corrected chi connectivity index (χ3v) is 8.19. The lowest BCUT2D eigenvalue weighted by Crippen LogP contribution is -2.57. The van der Waals surface area contributed by atoms with E-state index >= 15 is 0 Å². The van der Waals surface area contributed by atoms with E-state index in [1.54, 1.807) is 0 Å². The second-order valence-corrected chi connectivity index (χ2v) is 11.1. The molecule has 178 valence electrons. The van der Waals surface area contributed by atoms with Crippen LogP contribution in [0.2, 0.25) is 0 Å². The Labute approximate surface area is 192 Å². The molecule has 2 saturated heterocycles. The summed E-state index contributed by atoms with van der Waals surface area (Å²) in [6, 6.07) is -0.257. The molecule has 4 rings (SSSR count). The Balaban J connectivity index is 1.44. The van der Waals surface area contributed by atoms with E-state index < -0.39 is 5.54 Å². The summed E-state index contributed by atoms with van der Waals surface area (Å²) < 4.78 is 0. The van der Waals surface area contributed by atoms with Gasteiger partial charge in [-0.2, -0.15) is 0 Å². The highest BCUT2D eigenvalue weighted by Gasteiger charge is 2.55. The van der Waals surface area contributed by atoms with Crippen LogP contribution < -0.4 is 5.32 Å². The number of likely N-dealkylation sites (N-methyl/N-ethyl adjacent to an activating group) is 1. The smallest absolute Gasteiger partial charge is 0.325 e. The fourth-order valence-corrected chi connectivity index (χ4v) is 6.21. The van der Waals surface area contributed by atoms with Crippen molar-refractivity contribution in [1.82, 2.24) is 20.0 Å². The van der Waals surface area contributed by atoms with Crippen molar-refractivity contribution in [1.29, 1.82) is 0 Å². The van der Waals surface area contributed by atoms with Gasteiger partial charge in [0.2, 0.25) is 5.91 Å². The molecular formula is C25H40N4O3. The molecule has 4 atom stereocenters. The highest BCUT2D eigenvalue weighted by atomic mass is 16.2. The first kappa shape index (κ1) is 23.3. The van der Waals surface area contributed by atoms with Gasteiger partial charge in [0.25, 0.3) is 5.91 Å². The molecule has 32 heavy (non-hydrogen) atoms. The predicted octanol–water partition coefficient (Wildman–Crippen LogP) is 2.73. The van der Waals surface area contributed by atoms with E-state index in [0.717, 1.165) is 32.1 Å². The zero-order valence-electron chi connectivity index (χ0n) is 20.2. The molecule has 2 aliphatic heterocycles. The number of likely N-dealkylation sites (tertiary alicyclic amines) is 1. The van der Waals surface area contributed by atoms with E-state index in [4.69, 9.17) is 0 Å². The van der Waals surface area contributed by atoms with E-state index in [0.29, 0.717) is 56.3 Å². The minimum Gasteiger partial charge on any atom is -0.342 e. The van der Waals surface area contributed by atoms with Crippen molar-refractivity contribution in [2.45, 2.75) is 57.9 Å². The Morgan fingerprint density at radius 3 is 2.47 bits per heavy atom. The summed E-state index contributed by atoms with van der Waals surface area (Å²) in [6.07, 6.45) is 9.74. The van der Waals surface area contributed by atoms with Gasteiger partial charge in [0.15, 0.2) is 0 Å². The molecule has 7 heteroatoms. The first-order valence-corrected chi connectivity index (χ1v) is 12.5. The van der Waals surface area contributed by atoms with Crippen LogP contribution >= 0.6 is 0 Å². The minimum absolute atomic E-state index is 0.0620. The number of hydrogen-bond acceptors (Lipinski definition) is 4. The van der Waals surface area contributed by atoms with Gasteiger partial charge in [-0.05, 0) is 76.3 Å². The topological polar surface area (TPSA) is 73.0 Å². The monoisotopic (exact) mass is 444 g/mol. The molecule has 4 aliphatic rings. The third-order valence-electron chi connectivity index (χ3n) is 8.19. The normalized spacial score (nSPS) is 32.6. The number of nitrogens with one attached hydrogen (secondary N) is 1. The summed E-state index contributed by atoms with van der Waals surface area (Å²) in [5.41, 5.74) is -0.821. The van der Waals surface area contributed by atoms with Crippen LogP contribution in [0.15, 0.2) is 12.2 Å². The van der Waals surface area contributed by atoms with Gasteiger partial charge in [0.1, 0.15) is 5.54 Å². The van der Waals surface area contributed by atoms with Gasteiger partial charge in [0.05, 0.1) is 0 Å². The van der Waals surface area contributed by atoms with Crippen molar-refractivity contribution in [3.63, 3.8) is 0 Å². The summed E-state index contributed by atoms with van der Waals surface area (Å²) in [5.74, 6) is 1.92. The number of hydrogen-bond donors (Lipinski definition) is 1. The molecule has 0 spiro atoms. The molecule has 7 nitrogen and oxygen atoms in total. The molecule has 2 bridgehead atoms. The summed E-state index contributed by atoms with van der Waals surface area (Å²) in [6.45, 7) is 6.75. The van der Waals surface area contributed by atoms with Crippen LogP contribution in [0.4, 0.5) is 4.79 Å². The Hall–Kier alpha value is -1.89. The van der Waals surface area contributed by atoms with Crippen LogP contribution in [-0.4, -0.2) is 78.4 Å². The van der Waals surface area contributed by atoms with Crippen molar-refractivity contribution in [2.75, 3.05) is 40.3 Å². The highest BCUT2D eigenvalue weighted by molar-refractivity contribution is 6.07. The van der Waals surface area contributed by atoms with E-state index in [2.05, 4.69) is 31.3 Å². The van der Waals surface area contributed by atoms with Gasteiger partial charge in [-0.15, -0.1) is 0 Å². The summed E-state index contributed by atoms with van der Waals surface area (Å²) >= 11 is 0. The Bertz CT molecular complexity index is 771. The van der Waals surface area contributed by atoms with Crippen LogP contribution in [-0.2, 0) is 9.59 Å². The second-order valence-electron chi connectivity index (χ2n) is 11.1. The number of amides is 4. The second kappa shape index (κ2) is 9.16. The van der Waals surface area contributed by atoms with Gasteiger partial charge in [-0.1, -0.05) is 26.0 Å². The number of carbonyl (C=O) groups excluding carboxylic acids is 3. The van der Waals surface area contributed by atoms with Gasteiger partial charge in [0, 0.05) is 32.1 Å². The lowest BCUT2D eigenvalue weighted by Gasteiger charge is -2.42. The van der Waals surface area contributed by atoms with Crippen LogP contribution in [0, 0.1) is 29.6 Å². The molecule has 4 amide bonds. The maximum atomic E-state index is 13.6. The largest absolute Gasteiger partial charge is 0.342 e. The molecule has 1 N–H and O–H groups in total. The maximum absolute atomic E-state index is 13.6. The molecular weight excluding hydrogens is 404 g/mol. The fraction of sp³-hybridized carbons (Fsp3) is 0.800. The molecule has 3 fully saturated rings. The van der Waals surface area contributed by atoms with Gasteiger partial charge in [-0.3, -0.25) is 14.5 Å². The zero-order valence-corrected chi connectivity index (χ0v) is 20.2. The molecule has 2 aliphatic carbocycles. The van der Waals surface area contributed by atoms with Crippen molar-refractivity contribution in [3.8, 4) is 0 Å². The van der Waals surface area contributed by atoms with E-state index in [1.807, 2.05) is 23.9 Å². The highest BCUT2D eigenvalue weighted by Crippen LogP contribution is 2.45. The van der Waals surface area contributed by atoms with Crippen LogP contribution in [0.3, 0.4) is 0 Å². The quantitative estimate of drug-likeness (QED) is 0.462. The number of rotatable bonds is 8. The first-order valence-electron chi connectivity index (χ1n) is 12.5. The third kappa shape index (κ3) is 4.33. The predicted molar refractivity (Wildman–Crippen MR) is 124 cm³/mol. The molecule has 0 aromatic heterocycles. The maximum Gasteiger partial charge on any atom is 0.325 e. The van der Waals surface area contributed by atoms with Crippen molar-refractivity contribution in [3.05, 3.63) is 12.2 Å². The molecule has 1 unspecified atom stereocenters. The SMILES string of the molecule is CC(C)CCC1(C2CCN(C(=O)[C@@H]3C[C@H]4C=C[C@@H]3C4)CC2)NC(=O)N(CCN(C)C)C1=O. The van der Waals surface area contributed by atoms with E-state index in [1.165, 1.54) is 4.90 Å². The van der Waals surface area contributed by atoms with E-state index in [9.17, 15) is 14.4 Å². The zero-order chi connectivity index (χ0) is 23.0. The molecule has 0 aromatic rings. The van der Waals surface area contributed by atoms with E-state index in [-0.39, 0.29) is 23.8 Å². The van der Waals surface area contributed by atoms with Crippen molar-refractivity contribution in [2.24, 2.45) is 29.6 Å². The Morgan fingerprint density at radius 2 is 1.91 bits per heavy atom. The molecule has 2 heterocycles. The van der Waals surface area contributed by atoms with Crippen LogP contribution in [0.5, 0.6) is 0 Å². The number of urea groups is 1. The van der Waals surface area contributed by atoms with Crippen molar-refractivity contribution >= 4 is 17.8 Å². The summed E-state index contributed by atoms with van der Waals surface area (Å²) in [7, 11) is 3.90. The van der Waals surface area contributed by atoms with Crippen molar-refractivity contribution < 1.29 is 14.4 Å². The standard InChI is InChI=1S/C25H40N4O3/c1-17(2)7-10-25(23(31)29(24(32)26-25)14-13-27(3)4)20-8-11-28(12-9-20)22(30)21-16-18-5-6-19(21)15-18/h5-6,17-21H,7-16H2,1-4H3,(H,26,32)/t18-,19+,21+,25?/m0/s1. The number of imide groups is 1. The number of piperidine rings is 1. The summed E-state index contributed by atoms with van der Waals surface area (Å²) in [4.78, 5) is 45.0. The van der Waals surface area contributed by atoms with Crippen LogP contribution in [0.1, 0.15) is 52.4 Å². The van der Waals surface area contributed by atoms with Gasteiger partial charge in [-0.25, -0.2) is 4.79 Å². The van der Waals surface area contributed by atoms with Gasteiger partial charge >= 0.3 is 6.03 Å².